The molecule has 15 heavy (non-hydrogen) atoms. The van der Waals surface area contributed by atoms with Crippen LogP contribution in [0.15, 0.2) is 30.3 Å². The summed E-state index contributed by atoms with van der Waals surface area (Å²) >= 11 is 0. The largest absolute Gasteiger partial charge is 0.325 e. The van der Waals surface area contributed by atoms with Crippen molar-refractivity contribution in [3.8, 4) is 0 Å². The van der Waals surface area contributed by atoms with Gasteiger partial charge >= 0.3 is 0 Å². The zero-order chi connectivity index (χ0) is 10.9. The van der Waals surface area contributed by atoms with E-state index >= 15 is 0 Å². The van der Waals surface area contributed by atoms with Gasteiger partial charge in [0.2, 0.25) is 0 Å². The maximum atomic E-state index is 13.6. The molecule has 0 bridgehead atoms. The fraction of sp³-hybridized carbons (Fsp3) is 0.538. The number of nitrogens with two attached hydrogens (primary N) is 1. The second-order valence-electron chi connectivity index (χ2n) is 5.14. The minimum absolute atomic E-state index is 0.424. The van der Waals surface area contributed by atoms with Crippen molar-refractivity contribution in [1.29, 1.82) is 0 Å². The van der Waals surface area contributed by atoms with Crippen molar-refractivity contribution in [3.05, 3.63) is 35.9 Å². The molecular weight excluding hydrogens is 189 g/mol. The second-order valence-corrected chi connectivity index (χ2v) is 5.14. The predicted octanol–water partition coefficient (Wildman–Crippen LogP) is 2.84. The predicted molar refractivity (Wildman–Crippen MR) is 60.4 cm³/mol. The Bertz CT molecular complexity index is 328. The number of rotatable bonds is 4. The SMILES string of the molecule is CC(N)(Cc1ccccc1)CC1(F)CC1. The van der Waals surface area contributed by atoms with E-state index in [4.69, 9.17) is 5.73 Å². The van der Waals surface area contributed by atoms with Crippen molar-refractivity contribution in [2.45, 2.75) is 43.8 Å². The van der Waals surface area contributed by atoms with Crippen LogP contribution in [0.25, 0.3) is 0 Å². The summed E-state index contributed by atoms with van der Waals surface area (Å²) in [5.41, 5.74) is 5.94. The molecule has 0 aromatic heterocycles. The second kappa shape index (κ2) is 3.60. The lowest BCUT2D eigenvalue weighted by molar-refractivity contribution is 0.229. The molecule has 1 aliphatic carbocycles. The fourth-order valence-corrected chi connectivity index (χ4v) is 2.16. The van der Waals surface area contributed by atoms with E-state index in [0.717, 1.165) is 6.42 Å². The topological polar surface area (TPSA) is 26.0 Å². The molecule has 1 fully saturated rings. The lowest BCUT2D eigenvalue weighted by atomic mass is 9.88. The van der Waals surface area contributed by atoms with Crippen molar-refractivity contribution in [2.75, 3.05) is 0 Å². The molecular formula is C13H18FN. The highest BCUT2D eigenvalue weighted by atomic mass is 19.1. The maximum absolute atomic E-state index is 13.6. The van der Waals surface area contributed by atoms with E-state index < -0.39 is 11.2 Å². The molecule has 2 heteroatoms. The normalized spacial score (nSPS) is 22.1. The van der Waals surface area contributed by atoms with Gasteiger partial charge in [-0.1, -0.05) is 30.3 Å². The van der Waals surface area contributed by atoms with Gasteiger partial charge in [-0.3, -0.25) is 0 Å². The average molecular weight is 207 g/mol. The lowest BCUT2D eigenvalue weighted by Crippen LogP contribution is -2.41. The molecule has 1 aromatic carbocycles. The van der Waals surface area contributed by atoms with E-state index in [0.29, 0.717) is 19.3 Å². The molecule has 0 radical (unpaired) electrons. The number of alkyl halides is 1. The first-order chi connectivity index (χ1) is 6.99. The summed E-state index contributed by atoms with van der Waals surface area (Å²) in [6.45, 7) is 1.94. The highest BCUT2D eigenvalue weighted by Crippen LogP contribution is 2.45. The van der Waals surface area contributed by atoms with Crippen molar-refractivity contribution < 1.29 is 4.39 Å². The van der Waals surface area contributed by atoms with Crippen LogP contribution in [-0.4, -0.2) is 11.2 Å². The summed E-state index contributed by atoms with van der Waals surface area (Å²) in [5, 5.41) is 0. The smallest absolute Gasteiger partial charge is 0.113 e. The van der Waals surface area contributed by atoms with Crippen LogP contribution in [0.2, 0.25) is 0 Å². The van der Waals surface area contributed by atoms with Gasteiger partial charge in [0, 0.05) is 5.54 Å². The highest BCUT2D eigenvalue weighted by Gasteiger charge is 2.47. The van der Waals surface area contributed by atoms with Crippen LogP contribution >= 0.6 is 0 Å². The van der Waals surface area contributed by atoms with E-state index in [9.17, 15) is 4.39 Å². The monoisotopic (exact) mass is 207 g/mol. The third kappa shape index (κ3) is 3.03. The molecule has 0 heterocycles. The van der Waals surface area contributed by atoms with Gasteiger partial charge in [-0.25, -0.2) is 4.39 Å². The number of halogens is 1. The van der Waals surface area contributed by atoms with E-state index in [2.05, 4.69) is 0 Å². The summed E-state index contributed by atoms with van der Waals surface area (Å²) in [6, 6.07) is 10.1. The minimum Gasteiger partial charge on any atom is -0.325 e. The van der Waals surface area contributed by atoms with Gasteiger partial charge in [0.25, 0.3) is 0 Å². The van der Waals surface area contributed by atoms with Crippen LogP contribution in [0.4, 0.5) is 4.39 Å². The molecule has 0 aliphatic heterocycles. The molecule has 1 unspecified atom stereocenters. The van der Waals surface area contributed by atoms with Gasteiger partial charge in [0.1, 0.15) is 5.67 Å². The zero-order valence-electron chi connectivity index (χ0n) is 9.17. The van der Waals surface area contributed by atoms with Crippen LogP contribution < -0.4 is 5.73 Å². The van der Waals surface area contributed by atoms with E-state index in [1.807, 2.05) is 37.3 Å². The molecule has 1 aromatic rings. The molecule has 82 valence electrons. The Morgan fingerprint density at radius 1 is 1.33 bits per heavy atom. The van der Waals surface area contributed by atoms with Gasteiger partial charge in [0.15, 0.2) is 0 Å². The molecule has 1 atom stereocenters. The van der Waals surface area contributed by atoms with Crippen LogP contribution in [-0.2, 0) is 6.42 Å². The first-order valence-electron chi connectivity index (χ1n) is 5.51. The zero-order valence-corrected chi connectivity index (χ0v) is 9.17. The van der Waals surface area contributed by atoms with Gasteiger partial charge in [-0.05, 0) is 38.2 Å². The van der Waals surface area contributed by atoms with Crippen molar-refractivity contribution >= 4 is 0 Å². The Balaban J connectivity index is 1.98. The van der Waals surface area contributed by atoms with E-state index in [-0.39, 0.29) is 0 Å². The number of hydrogen-bond acceptors (Lipinski definition) is 1. The van der Waals surface area contributed by atoms with Gasteiger partial charge in [0.05, 0.1) is 0 Å². The van der Waals surface area contributed by atoms with Gasteiger partial charge < -0.3 is 5.73 Å². The highest BCUT2D eigenvalue weighted by molar-refractivity contribution is 5.18. The first-order valence-corrected chi connectivity index (χ1v) is 5.51. The quantitative estimate of drug-likeness (QED) is 0.807. The fourth-order valence-electron chi connectivity index (χ4n) is 2.16. The average Bonchev–Trinajstić information content (AvgIpc) is 2.82. The first kappa shape index (κ1) is 10.6. The van der Waals surface area contributed by atoms with Crippen molar-refractivity contribution in [1.82, 2.24) is 0 Å². The van der Waals surface area contributed by atoms with Gasteiger partial charge in [-0.15, -0.1) is 0 Å². The molecule has 1 aliphatic rings. The number of benzene rings is 1. The minimum atomic E-state index is -0.960. The maximum Gasteiger partial charge on any atom is 0.113 e. The van der Waals surface area contributed by atoms with Crippen LogP contribution in [0.1, 0.15) is 31.7 Å². The Kier molecular flexibility index (Phi) is 2.55. The Morgan fingerprint density at radius 2 is 1.93 bits per heavy atom. The summed E-state index contributed by atoms with van der Waals surface area (Å²) in [5.74, 6) is 0. The standard InChI is InChI=1S/C13H18FN/c1-12(15,10-13(14)7-8-13)9-11-5-3-2-4-6-11/h2-6H,7-10,15H2,1H3. The van der Waals surface area contributed by atoms with Crippen molar-refractivity contribution in [2.24, 2.45) is 5.73 Å². The van der Waals surface area contributed by atoms with Crippen LogP contribution in [0.5, 0.6) is 0 Å². The summed E-state index contributed by atoms with van der Waals surface area (Å²) < 4.78 is 13.6. The molecule has 0 saturated heterocycles. The Hall–Kier alpha value is -0.890. The summed E-state index contributed by atoms with van der Waals surface area (Å²) in [7, 11) is 0. The third-order valence-electron chi connectivity index (χ3n) is 2.96. The molecule has 2 N–H and O–H groups in total. The molecule has 1 nitrogen and oxygen atoms in total. The van der Waals surface area contributed by atoms with E-state index in [1.165, 1.54) is 5.56 Å². The van der Waals surface area contributed by atoms with Crippen molar-refractivity contribution in [3.63, 3.8) is 0 Å². The van der Waals surface area contributed by atoms with Crippen LogP contribution in [0.3, 0.4) is 0 Å². The van der Waals surface area contributed by atoms with Gasteiger partial charge in [-0.2, -0.15) is 0 Å². The third-order valence-corrected chi connectivity index (χ3v) is 2.96. The summed E-state index contributed by atoms with van der Waals surface area (Å²) in [6.07, 6.45) is 2.61. The molecule has 0 amide bonds. The molecule has 0 spiro atoms. The summed E-state index contributed by atoms with van der Waals surface area (Å²) in [4.78, 5) is 0. The lowest BCUT2D eigenvalue weighted by Gasteiger charge is -2.26. The molecule has 1 saturated carbocycles. The Morgan fingerprint density at radius 3 is 2.47 bits per heavy atom. The number of hydrogen-bond donors (Lipinski definition) is 1. The van der Waals surface area contributed by atoms with E-state index in [1.54, 1.807) is 0 Å². The Labute approximate surface area is 90.5 Å². The van der Waals surface area contributed by atoms with Crippen LogP contribution in [0, 0.1) is 0 Å². The molecule has 2 rings (SSSR count).